The normalized spacial score (nSPS) is 12.2. The lowest BCUT2D eigenvalue weighted by molar-refractivity contribution is -0.115. The van der Waals surface area contributed by atoms with Crippen molar-refractivity contribution < 1.29 is 4.79 Å². The average molecular weight is 313 g/mol. The van der Waals surface area contributed by atoms with Crippen LogP contribution < -0.4 is 5.32 Å². The lowest BCUT2D eigenvalue weighted by Crippen LogP contribution is -2.22. The molecule has 1 heterocycles. The predicted octanol–water partition coefficient (Wildman–Crippen LogP) is 4.22. The minimum atomic E-state index is -0.193. The Balaban J connectivity index is 1.94. The first-order valence-corrected chi connectivity index (χ1v) is 7.83. The Morgan fingerprint density at radius 1 is 1.42 bits per heavy atom. The highest BCUT2D eigenvalue weighted by Gasteiger charge is 2.16. The molecule has 2 aromatic rings. The van der Waals surface area contributed by atoms with E-state index in [9.17, 15) is 4.79 Å². The number of halogens is 1. The summed E-state index contributed by atoms with van der Waals surface area (Å²) in [4.78, 5) is 16.4. The minimum Gasteiger partial charge on any atom is -0.325 e. The average Bonchev–Trinajstić information content (AvgIpc) is 2.77. The smallest absolute Gasteiger partial charge is 0.237 e. The van der Waals surface area contributed by atoms with Gasteiger partial charge in [-0.2, -0.15) is 0 Å². The van der Waals surface area contributed by atoms with Crippen LogP contribution in [-0.2, 0) is 4.79 Å². The molecule has 2 rings (SSSR count). The number of rotatable bonds is 4. The van der Waals surface area contributed by atoms with E-state index in [1.165, 1.54) is 11.8 Å². The van der Waals surface area contributed by atoms with Gasteiger partial charge in [0.2, 0.25) is 5.91 Å². The topological polar surface area (TPSA) is 42.0 Å². The summed E-state index contributed by atoms with van der Waals surface area (Å²) in [6.45, 7) is 3.81. The fourth-order valence-corrected chi connectivity index (χ4v) is 3.48. The number of benzene rings is 1. The molecule has 1 unspecified atom stereocenters. The molecule has 0 aliphatic heterocycles. The van der Waals surface area contributed by atoms with Crippen molar-refractivity contribution >= 4 is 46.3 Å². The fraction of sp³-hybridized carbons (Fsp3) is 0.231. The van der Waals surface area contributed by atoms with E-state index in [-0.39, 0.29) is 11.2 Å². The highest BCUT2D eigenvalue weighted by atomic mass is 35.5. The summed E-state index contributed by atoms with van der Waals surface area (Å²) in [6, 6.07) is 7.06. The Labute approximate surface area is 125 Å². The standard InChI is InChI=1S/C13H13ClN2OS2/c1-8-7-18-13(15-8)19-9(2)12(17)16-11-5-3-10(14)4-6-11/h3-7,9H,1-2H3,(H,16,17). The molecule has 0 saturated heterocycles. The van der Waals surface area contributed by atoms with Gasteiger partial charge in [-0.25, -0.2) is 4.98 Å². The summed E-state index contributed by atoms with van der Waals surface area (Å²) >= 11 is 8.82. The summed E-state index contributed by atoms with van der Waals surface area (Å²) in [5.74, 6) is -0.0415. The van der Waals surface area contributed by atoms with Crippen molar-refractivity contribution in [3.63, 3.8) is 0 Å². The number of carbonyl (C=O) groups excluding carboxylic acids is 1. The molecule has 100 valence electrons. The van der Waals surface area contributed by atoms with Crippen LogP contribution in [0.4, 0.5) is 5.69 Å². The molecular formula is C13H13ClN2OS2. The maximum absolute atomic E-state index is 12.0. The zero-order valence-electron chi connectivity index (χ0n) is 10.5. The van der Waals surface area contributed by atoms with Crippen molar-refractivity contribution in [2.75, 3.05) is 5.32 Å². The van der Waals surface area contributed by atoms with Crippen molar-refractivity contribution in [1.29, 1.82) is 0 Å². The first-order chi connectivity index (χ1) is 9.04. The summed E-state index contributed by atoms with van der Waals surface area (Å²) < 4.78 is 0.913. The van der Waals surface area contributed by atoms with Gasteiger partial charge < -0.3 is 5.32 Å². The third-order valence-electron chi connectivity index (χ3n) is 2.36. The van der Waals surface area contributed by atoms with Gasteiger partial charge in [0, 0.05) is 21.8 Å². The Bertz CT molecular complexity index is 568. The molecule has 1 aromatic heterocycles. The maximum atomic E-state index is 12.0. The Morgan fingerprint density at radius 2 is 2.11 bits per heavy atom. The molecule has 1 aromatic carbocycles. The fourth-order valence-electron chi connectivity index (χ4n) is 1.37. The highest BCUT2D eigenvalue weighted by Crippen LogP contribution is 2.27. The van der Waals surface area contributed by atoms with Crippen LogP contribution >= 0.6 is 34.7 Å². The van der Waals surface area contributed by atoms with Crippen LogP contribution in [0.1, 0.15) is 12.6 Å². The number of nitrogens with zero attached hydrogens (tertiary/aromatic N) is 1. The van der Waals surface area contributed by atoms with E-state index < -0.39 is 0 Å². The molecule has 0 fully saturated rings. The van der Waals surface area contributed by atoms with Gasteiger partial charge in [-0.1, -0.05) is 23.4 Å². The summed E-state index contributed by atoms with van der Waals surface area (Å²) in [7, 11) is 0. The van der Waals surface area contributed by atoms with E-state index in [2.05, 4.69) is 10.3 Å². The Kier molecular flexibility index (Phi) is 4.85. The number of carbonyl (C=O) groups is 1. The number of hydrogen-bond donors (Lipinski definition) is 1. The molecule has 0 spiro atoms. The van der Waals surface area contributed by atoms with Crippen LogP contribution in [0.3, 0.4) is 0 Å². The predicted molar refractivity (Wildman–Crippen MR) is 82.3 cm³/mol. The van der Waals surface area contributed by atoms with Gasteiger partial charge in [-0.3, -0.25) is 4.79 Å². The van der Waals surface area contributed by atoms with E-state index in [1.54, 1.807) is 35.6 Å². The van der Waals surface area contributed by atoms with Crippen LogP contribution in [0, 0.1) is 6.92 Å². The molecule has 0 bridgehead atoms. The number of aromatic nitrogens is 1. The second kappa shape index (κ2) is 6.41. The molecular weight excluding hydrogens is 300 g/mol. The zero-order valence-corrected chi connectivity index (χ0v) is 12.9. The molecule has 0 radical (unpaired) electrons. The van der Waals surface area contributed by atoms with Crippen LogP contribution in [0.25, 0.3) is 0 Å². The van der Waals surface area contributed by atoms with Crippen molar-refractivity contribution in [2.24, 2.45) is 0 Å². The largest absolute Gasteiger partial charge is 0.325 e. The summed E-state index contributed by atoms with van der Waals surface area (Å²) in [5.41, 5.74) is 1.73. The van der Waals surface area contributed by atoms with Crippen LogP contribution in [0.2, 0.25) is 5.02 Å². The number of thiazole rings is 1. The van der Waals surface area contributed by atoms with Gasteiger partial charge >= 0.3 is 0 Å². The summed E-state index contributed by atoms with van der Waals surface area (Å²) in [6.07, 6.45) is 0. The van der Waals surface area contributed by atoms with Crippen molar-refractivity contribution in [2.45, 2.75) is 23.4 Å². The van der Waals surface area contributed by atoms with Crippen LogP contribution in [-0.4, -0.2) is 16.1 Å². The molecule has 0 aliphatic rings. The maximum Gasteiger partial charge on any atom is 0.237 e. The van der Waals surface area contributed by atoms with E-state index in [1.807, 2.05) is 19.2 Å². The van der Waals surface area contributed by atoms with Crippen molar-refractivity contribution in [1.82, 2.24) is 4.98 Å². The quantitative estimate of drug-likeness (QED) is 0.859. The molecule has 19 heavy (non-hydrogen) atoms. The molecule has 1 amide bonds. The Morgan fingerprint density at radius 3 is 2.68 bits per heavy atom. The van der Waals surface area contributed by atoms with Gasteiger partial charge in [-0.15, -0.1) is 11.3 Å². The molecule has 0 saturated carbocycles. The minimum absolute atomic E-state index is 0.0415. The van der Waals surface area contributed by atoms with E-state index in [0.29, 0.717) is 5.02 Å². The number of nitrogens with one attached hydrogen (secondary N) is 1. The van der Waals surface area contributed by atoms with E-state index in [0.717, 1.165) is 15.7 Å². The van der Waals surface area contributed by atoms with E-state index in [4.69, 9.17) is 11.6 Å². The number of aryl methyl sites for hydroxylation is 1. The number of thioether (sulfide) groups is 1. The Hall–Kier alpha value is -1.04. The van der Waals surface area contributed by atoms with Crippen LogP contribution in [0.5, 0.6) is 0 Å². The van der Waals surface area contributed by atoms with Crippen molar-refractivity contribution in [3.8, 4) is 0 Å². The molecule has 1 N–H and O–H groups in total. The van der Waals surface area contributed by atoms with Crippen LogP contribution in [0.15, 0.2) is 34.0 Å². The number of amides is 1. The summed E-state index contributed by atoms with van der Waals surface area (Å²) in [5, 5.41) is 5.29. The second-order valence-electron chi connectivity index (χ2n) is 4.01. The number of anilines is 1. The van der Waals surface area contributed by atoms with Gasteiger partial charge in [0.25, 0.3) is 0 Å². The SMILES string of the molecule is Cc1csc(SC(C)C(=O)Nc2ccc(Cl)cc2)n1. The molecule has 3 nitrogen and oxygen atoms in total. The van der Waals surface area contributed by atoms with Gasteiger partial charge in [0.1, 0.15) is 0 Å². The third-order valence-corrected chi connectivity index (χ3v) is 4.80. The molecule has 0 aliphatic carbocycles. The van der Waals surface area contributed by atoms with E-state index >= 15 is 0 Å². The molecule has 6 heteroatoms. The van der Waals surface area contributed by atoms with Gasteiger partial charge in [-0.05, 0) is 38.1 Å². The monoisotopic (exact) mass is 312 g/mol. The first-order valence-electron chi connectivity index (χ1n) is 5.70. The lowest BCUT2D eigenvalue weighted by atomic mass is 10.3. The van der Waals surface area contributed by atoms with Gasteiger partial charge in [0.15, 0.2) is 4.34 Å². The molecule has 1 atom stereocenters. The lowest BCUT2D eigenvalue weighted by Gasteiger charge is -2.10. The second-order valence-corrected chi connectivity index (χ2v) is 6.89. The number of hydrogen-bond acceptors (Lipinski definition) is 4. The van der Waals surface area contributed by atoms with Crippen molar-refractivity contribution in [3.05, 3.63) is 40.4 Å². The third kappa shape index (κ3) is 4.23. The van der Waals surface area contributed by atoms with Gasteiger partial charge in [0.05, 0.1) is 5.25 Å². The first kappa shape index (κ1) is 14.4. The zero-order chi connectivity index (χ0) is 13.8. The highest BCUT2D eigenvalue weighted by molar-refractivity contribution is 8.02.